The van der Waals surface area contributed by atoms with Crippen LogP contribution in [0.25, 0.3) is 0 Å². The zero-order valence-electron chi connectivity index (χ0n) is 26.0. The summed E-state index contributed by atoms with van der Waals surface area (Å²) in [6, 6.07) is -0.820. The second kappa shape index (κ2) is 24.8. The van der Waals surface area contributed by atoms with E-state index in [-0.39, 0.29) is 12.5 Å². The summed E-state index contributed by atoms with van der Waals surface area (Å²) in [5, 5.41) is 53.5. The number of carbonyl (C=O) groups is 1. The van der Waals surface area contributed by atoms with E-state index >= 15 is 0 Å². The topological polar surface area (TPSA) is 149 Å². The molecule has 0 aromatic heterocycles. The van der Waals surface area contributed by atoms with E-state index in [9.17, 15) is 30.3 Å². The van der Waals surface area contributed by atoms with E-state index in [1.165, 1.54) is 32.1 Å². The Balaban J connectivity index is 2.59. The first-order valence-corrected chi connectivity index (χ1v) is 16.2. The van der Waals surface area contributed by atoms with E-state index in [0.29, 0.717) is 6.42 Å². The lowest BCUT2D eigenvalue weighted by Crippen LogP contribution is -2.60. The second-order valence-corrected chi connectivity index (χ2v) is 11.2. The summed E-state index contributed by atoms with van der Waals surface area (Å²) < 4.78 is 11.1. The minimum Gasteiger partial charge on any atom is -0.394 e. The Hall–Kier alpha value is -1.59. The molecule has 1 fully saturated rings. The zero-order valence-corrected chi connectivity index (χ0v) is 26.0. The highest BCUT2D eigenvalue weighted by Crippen LogP contribution is 2.22. The summed E-state index contributed by atoms with van der Waals surface area (Å²) in [5.41, 5.74) is 0. The van der Waals surface area contributed by atoms with Crippen LogP contribution in [-0.4, -0.2) is 87.5 Å². The SMILES string of the molecule is CCCC/C=C\CCCCCCC(=O)NC(COC1OC(CO)C(O)C(O)C1O)C(O)/C=C/CC/C=C/CCCCC. The van der Waals surface area contributed by atoms with Crippen LogP contribution in [0.1, 0.15) is 110 Å². The molecule has 1 rings (SSSR count). The van der Waals surface area contributed by atoms with Gasteiger partial charge in [0.25, 0.3) is 0 Å². The molecule has 0 aromatic carbocycles. The number of aliphatic hydroxyl groups excluding tert-OH is 5. The summed E-state index contributed by atoms with van der Waals surface area (Å²) >= 11 is 0. The highest BCUT2D eigenvalue weighted by molar-refractivity contribution is 5.76. The monoisotopic (exact) mass is 597 g/mol. The lowest BCUT2D eigenvalue weighted by Gasteiger charge is -2.40. The Morgan fingerprint density at radius 2 is 1.38 bits per heavy atom. The van der Waals surface area contributed by atoms with Crippen LogP contribution in [0.15, 0.2) is 36.5 Å². The molecule has 1 aliphatic rings. The molecule has 0 saturated carbocycles. The van der Waals surface area contributed by atoms with Gasteiger partial charge in [0.2, 0.25) is 5.91 Å². The van der Waals surface area contributed by atoms with Crippen LogP contribution >= 0.6 is 0 Å². The van der Waals surface area contributed by atoms with Crippen molar-refractivity contribution in [1.82, 2.24) is 5.32 Å². The van der Waals surface area contributed by atoms with Gasteiger partial charge in [-0.3, -0.25) is 4.79 Å². The van der Waals surface area contributed by atoms with Crippen molar-refractivity contribution < 1.29 is 39.8 Å². The van der Waals surface area contributed by atoms with Gasteiger partial charge < -0.3 is 40.3 Å². The third-order valence-corrected chi connectivity index (χ3v) is 7.44. The molecule has 0 aromatic rings. The van der Waals surface area contributed by atoms with E-state index in [4.69, 9.17) is 9.47 Å². The Bertz CT molecular complexity index is 756. The quantitative estimate of drug-likeness (QED) is 0.0716. The van der Waals surface area contributed by atoms with Crippen LogP contribution in [0, 0.1) is 0 Å². The predicted octanol–water partition coefficient (Wildman–Crippen LogP) is 4.21. The zero-order chi connectivity index (χ0) is 31.0. The van der Waals surface area contributed by atoms with Crippen molar-refractivity contribution in [3.8, 4) is 0 Å². The molecule has 7 atom stereocenters. The minimum absolute atomic E-state index is 0.207. The van der Waals surface area contributed by atoms with Crippen LogP contribution in [-0.2, 0) is 14.3 Å². The number of unbranched alkanes of at least 4 members (excludes halogenated alkanes) is 10. The van der Waals surface area contributed by atoms with Crippen LogP contribution in [0.3, 0.4) is 0 Å². The highest BCUT2D eigenvalue weighted by Gasteiger charge is 2.44. The largest absolute Gasteiger partial charge is 0.394 e. The molecule has 1 saturated heterocycles. The third-order valence-electron chi connectivity index (χ3n) is 7.44. The number of hydrogen-bond donors (Lipinski definition) is 6. The van der Waals surface area contributed by atoms with Gasteiger partial charge in [-0.05, 0) is 51.4 Å². The number of aliphatic hydroxyl groups is 5. The molecule has 1 amide bonds. The number of nitrogens with one attached hydrogen (secondary N) is 1. The molecule has 244 valence electrons. The normalized spacial score (nSPS) is 24.6. The molecule has 9 heteroatoms. The van der Waals surface area contributed by atoms with Crippen molar-refractivity contribution in [2.24, 2.45) is 0 Å². The minimum atomic E-state index is -1.57. The first-order chi connectivity index (χ1) is 20.3. The maximum Gasteiger partial charge on any atom is 0.220 e. The van der Waals surface area contributed by atoms with Crippen LogP contribution in [0.2, 0.25) is 0 Å². The molecular weight excluding hydrogens is 538 g/mol. The molecule has 0 radical (unpaired) electrons. The number of carbonyl (C=O) groups excluding carboxylic acids is 1. The smallest absolute Gasteiger partial charge is 0.220 e. The van der Waals surface area contributed by atoms with Gasteiger partial charge >= 0.3 is 0 Å². The average Bonchev–Trinajstić information content (AvgIpc) is 2.98. The molecule has 9 nitrogen and oxygen atoms in total. The summed E-state index contributed by atoms with van der Waals surface area (Å²) in [6.45, 7) is 3.59. The van der Waals surface area contributed by atoms with Gasteiger partial charge in [-0.2, -0.15) is 0 Å². The lowest BCUT2D eigenvalue weighted by molar-refractivity contribution is -0.302. The Morgan fingerprint density at radius 1 is 0.786 bits per heavy atom. The molecule has 0 aliphatic carbocycles. The standard InChI is InChI=1S/C33H59NO8/c1-3-5-7-9-11-13-15-17-19-21-23-29(37)34-26(27(36)22-20-18-16-14-12-10-8-6-4-2)25-41-33-32(40)31(39)30(38)28(24-35)42-33/h9,11-12,14,20,22,26-28,30-33,35-36,38-40H,3-8,10,13,15-19,21,23-25H2,1-2H3,(H,34,37)/b11-9-,14-12+,22-20+. The van der Waals surface area contributed by atoms with Gasteiger partial charge in [0.05, 0.1) is 25.4 Å². The Labute approximate surface area is 253 Å². The van der Waals surface area contributed by atoms with Gasteiger partial charge in [-0.25, -0.2) is 0 Å². The molecule has 6 N–H and O–H groups in total. The van der Waals surface area contributed by atoms with Gasteiger partial charge in [0.15, 0.2) is 6.29 Å². The van der Waals surface area contributed by atoms with Crippen molar-refractivity contribution in [3.05, 3.63) is 36.5 Å². The molecule has 1 heterocycles. The molecule has 42 heavy (non-hydrogen) atoms. The number of rotatable bonds is 24. The van der Waals surface area contributed by atoms with Crippen LogP contribution in [0.4, 0.5) is 0 Å². The highest BCUT2D eigenvalue weighted by atomic mass is 16.7. The molecular formula is C33H59NO8. The lowest BCUT2D eigenvalue weighted by atomic mass is 9.99. The van der Waals surface area contributed by atoms with Gasteiger partial charge in [-0.15, -0.1) is 0 Å². The number of allylic oxidation sites excluding steroid dienone is 5. The van der Waals surface area contributed by atoms with Crippen LogP contribution in [0.5, 0.6) is 0 Å². The van der Waals surface area contributed by atoms with Crippen LogP contribution < -0.4 is 5.32 Å². The van der Waals surface area contributed by atoms with Gasteiger partial charge in [0.1, 0.15) is 24.4 Å². The van der Waals surface area contributed by atoms with Gasteiger partial charge in [-0.1, -0.05) is 88.8 Å². The van der Waals surface area contributed by atoms with E-state index < -0.39 is 49.5 Å². The van der Waals surface area contributed by atoms with E-state index in [1.807, 2.05) is 6.08 Å². The number of ether oxygens (including phenoxy) is 2. The first kappa shape index (κ1) is 38.4. The van der Waals surface area contributed by atoms with Gasteiger partial charge in [0, 0.05) is 6.42 Å². The van der Waals surface area contributed by atoms with E-state index in [1.54, 1.807) is 6.08 Å². The summed E-state index contributed by atoms with van der Waals surface area (Å²) in [5.74, 6) is -0.209. The fraction of sp³-hybridized carbons (Fsp3) is 0.788. The Morgan fingerprint density at radius 3 is 2.05 bits per heavy atom. The maximum atomic E-state index is 12.7. The number of hydrogen-bond acceptors (Lipinski definition) is 8. The van der Waals surface area contributed by atoms with Crippen molar-refractivity contribution in [1.29, 1.82) is 0 Å². The summed E-state index contributed by atoms with van der Waals surface area (Å²) in [7, 11) is 0. The molecule has 0 bridgehead atoms. The first-order valence-electron chi connectivity index (χ1n) is 16.2. The van der Waals surface area contributed by atoms with E-state index in [0.717, 1.165) is 57.8 Å². The van der Waals surface area contributed by atoms with E-state index in [2.05, 4.69) is 43.5 Å². The maximum absolute atomic E-state index is 12.7. The van der Waals surface area contributed by atoms with Crippen molar-refractivity contribution in [3.63, 3.8) is 0 Å². The fourth-order valence-corrected chi connectivity index (χ4v) is 4.68. The Kier molecular flexibility index (Phi) is 22.7. The van der Waals surface area contributed by atoms with Crippen molar-refractivity contribution in [2.45, 2.75) is 153 Å². The molecule has 0 spiro atoms. The third kappa shape index (κ3) is 16.9. The summed E-state index contributed by atoms with van der Waals surface area (Å²) in [4.78, 5) is 12.7. The second-order valence-electron chi connectivity index (χ2n) is 11.2. The number of amides is 1. The fourth-order valence-electron chi connectivity index (χ4n) is 4.68. The molecule has 7 unspecified atom stereocenters. The average molecular weight is 598 g/mol. The predicted molar refractivity (Wildman–Crippen MR) is 166 cm³/mol. The molecule has 1 aliphatic heterocycles. The van der Waals surface area contributed by atoms with Crippen molar-refractivity contribution >= 4 is 5.91 Å². The summed E-state index contributed by atoms with van der Waals surface area (Å²) in [6.07, 6.45) is 19.2. The van der Waals surface area contributed by atoms with Crippen molar-refractivity contribution in [2.75, 3.05) is 13.2 Å².